The zero-order valence-corrected chi connectivity index (χ0v) is 18.5. The molecular weight excluding hydrogens is 402 g/mol. The summed E-state index contributed by atoms with van der Waals surface area (Å²) in [4.78, 5) is 16.2. The summed E-state index contributed by atoms with van der Waals surface area (Å²) in [5.74, 6) is 0.0324. The van der Waals surface area contributed by atoms with Crippen LogP contribution in [0.2, 0.25) is 0 Å². The van der Waals surface area contributed by atoms with Crippen LogP contribution in [0, 0.1) is 5.92 Å². The number of nitrogens with zero attached hydrogens (tertiary/aromatic N) is 1. The van der Waals surface area contributed by atoms with Crippen LogP contribution < -0.4 is 0 Å². The molecule has 1 aliphatic rings. The summed E-state index contributed by atoms with van der Waals surface area (Å²) in [5, 5.41) is 0. The quantitative estimate of drug-likeness (QED) is 0.333. The van der Waals surface area contributed by atoms with Gasteiger partial charge in [-0.25, -0.2) is 0 Å². The predicted octanol–water partition coefficient (Wildman–Crippen LogP) is 6.71. The van der Waals surface area contributed by atoms with E-state index < -0.39 is 0 Å². The fourth-order valence-corrected chi connectivity index (χ4v) is 4.72. The smallest absolute Gasteiger partial charge is 0.231 e. The molecule has 0 saturated carbocycles. The summed E-state index contributed by atoms with van der Waals surface area (Å²) in [6, 6.07) is 41.3. The number of amides is 1. The Morgan fingerprint density at radius 1 is 0.606 bits per heavy atom. The Balaban J connectivity index is 1.62. The first-order valence-electron chi connectivity index (χ1n) is 11.5. The molecule has 0 radical (unpaired) electrons. The average Bonchev–Trinajstić information content (AvgIpc) is 2.89. The van der Waals surface area contributed by atoms with Crippen LogP contribution in [0.3, 0.4) is 0 Å². The van der Waals surface area contributed by atoms with Crippen molar-refractivity contribution in [3.05, 3.63) is 150 Å². The maximum absolute atomic E-state index is 14.2. The van der Waals surface area contributed by atoms with Crippen molar-refractivity contribution < 1.29 is 4.79 Å². The van der Waals surface area contributed by atoms with E-state index in [-0.39, 0.29) is 17.7 Å². The summed E-state index contributed by atoms with van der Waals surface area (Å²) < 4.78 is 0. The number of rotatable bonds is 6. The highest BCUT2D eigenvalue weighted by Crippen LogP contribution is 2.40. The van der Waals surface area contributed by atoms with E-state index in [2.05, 4.69) is 66.7 Å². The first kappa shape index (κ1) is 21.0. The van der Waals surface area contributed by atoms with E-state index in [1.807, 2.05) is 65.6 Å². The van der Waals surface area contributed by atoms with Crippen molar-refractivity contribution in [3.8, 4) is 0 Å². The zero-order valence-electron chi connectivity index (χ0n) is 18.5. The van der Waals surface area contributed by atoms with E-state index in [9.17, 15) is 4.79 Å². The maximum Gasteiger partial charge on any atom is 0.231 e. The molecule has 2 unspecified atom stereocenters. The van der Waals surface area contributed by atoms with Gasteiger partial charge in [0.2, 0.25) is 5.91 Å². The highest BCUT2D eigenvalue weighted by atomic mass is 16.2. The van der Waals surface area contributed by atoms with Gasteiger partial charge >= 0.3 is 0 Å². The molecule has 162 valence electrons. The largest absolute Gasteiger partial charge is 0.307 e. The van der Waals surface area contributed by atoms with Gasteiger partial charge in [0.25, 0.3) is 0 Å². The normalized spacial score (nSPS) is 18.1. The molecule has 1 amide bonds. The Morgan fingerprint density at radius 2 is 1.12 bits per heavy atom. The molecule has 0 aromatic heterocycles. The van der Waals surface area contributed by atoms with Crippen molar-refractivity contribution >= 4 is 11.6 Å². The molecule has 0 fully saturated rings. The van der Waals surface area contributed by atoms with Crippen LogP contribution in [0.5, 0.6) is 0 Å². The summed E-state index contributed by atoms with van der Waals surface area (Å²) in [6.45, 7) is 0.563. The van der Waals surface area contributed by atoms with Gasteiger partial charge in [-0.2, -0.15) is 0 Å². The second-order valence-electron chi connectivity index (χ2n) is 8.56. The highest BCUT2D eigenvalue weighted by Gasteiger charge is 2.38. The lowest BCUT2D eigenvalue weighted by atomic mass is 9.77. The average molecular weight is 430 g/mol. The molecule has 4 aromatic rings. The molecule has 0 bridgehead atoms. The third-order valence-electron chi connectivity index (χ3n) is 6.38. The number of hydrogen-bond donors (Lipinski definition) is 0. The molecular formula is C31H27NO. The van der Waals surface area contributed by atoms with E-state index in [1.54, 1.807) is 0 Å². The van der Waals surface area contributed by atoms with Crippen molar-refractivity contribution in [1.29, 1.82) is 0 Å². The van der Waals surface area contributed by atoms with Gasteiger partial charge in [0.15, 0.2) is 0 Å². The summed E-state index contributed by atoms with van der Waals surface area (Å²) in [7, 11) is 0. The van der Waals surface area contributed by atoms with Gasteiger partial charge in [-0.3, -0.25) is 4.79 Å². The van der Waals surface area contributed by atoms with Crippen LogP contribution in [0.15, 0.2) is 127 Å². The molecule has 2 nitrogen and oxygen atoms in total. The SMILES string of the molecule is O=C1C(Cc2ccccc2)C(c2ccccc2)C=C(c2ccccc2)N1Cc1ccccc1. The van der Waals surface area contributed by atoms with E-state index in [0.717, 1.165) is 16.8 Å². The van der Waals surface area contributed by atoms with Crippen LogP contribution in [0.1, 0.15) is 28.2 Å². The number of hydrogen-bond acceptors (Lipinski definition) is 1. The van der Waals surface area contributed by atoms with Gasteiger partial charge in [0.1, 0.15) is 0 Å². The van der Waals surface area contributed by atoms with Gasteiger partial charge in [-0.1, -0.05) is 127 Å². The Hall–Kier alpha value is -3.91. The van der Waals surface area contributed by atoms with Crippen LogP contribution >= 0.6 is 0 Å². The summed E-state index contributed by atoms with van der Waals surface area (Å²) in [6.07, 6.45) is 3.02. The first-order valence-corrected chi connectivity index (χ1v) is 11.5. The minimum absolute atomic E-state index is 0.0149. The van der Waals surface area contributed by atoms with Crippen LogP contribution in [-0.4, -0.2) is 10.8 Å². The van der Waals surface area contributed by atoms with Gasteiger partial charge in [-0.05, 0) is 28.7 Å². The third-order valence-corrected chi connectivity index (χ3v) is 6.38. The molecule has 0 spiro atoms. The highest BCUT2D eigenvalue weighted by molar-refractivity contribution is 5.92. The standard InChI is InChI=1S/C31H27NO/c33-31-29(21-24-13-5-1-6-14-24)28(26-17-9-3-10-18-26)22-30(27-19-11-4-12-20-27)32(31)23-25-15-7-2-8-16-25/h1-20,22,28-29H,21,23H2. The minimum Gasteiger partial charge on any atom is -0.307 e. The van der Waals surface area contributed by atoms with Crippen molar-refractivity contribution in [2.45, 2.75) is 18.9 Å². The molecule has 4 aromatic carbocycles. The van der Waals surface area contributed by atoms with Crippen molar-refractivity contribution in [1.82, 2.24) is 4.90 Å². The first-order chi connectivity index (χ1) is 16.3. The Labute approximate surface area is 195 Å². The molecule has 2 atom stereocenters. The molecule has 2 heteroatoms. The molecule has 5 rings (SSSR count). The van der Waals surface area contributed by atoms with E-state index in [1.165, 1.54) is 11.1 Å². The Morgan fingerprint density at radius 3 is 1.73 bits per heavy atom. The van der Waals surface area contributed by atoms with Gasteiger partial charge in [-0.15, -0.1) is 0 Å². The number of carbonyl (C=O) groups excluding carboxylic acids is 1. The lowest BCUT2D eigenvalue weighted by Gasteiger charge is -2.38. The number of allylic oxidation sites excluding steroid dienone is 1. The second-order valence-corrected chi connectivity index (χ2v) is 8.56. The number of carbonyl (C=O) groups is 1. The number of benzene rings is 4. The minimum atomic E-state index is -0.161. The molecule has 33 heavy (non-hydrogen) atoms. The molecule has 1 aliphatic heterocycles. The fraction of sp³-hybridized carbons (Fsp3) is 0.129. The van der Waals surface area contributed by atoms with Gasteiger partial charge < -0.3 is 4.90 Å². The molecule has 0 N–H and O–H groups in total. The van der Waals surface area contributed by atoms with E-state index >= 15 is 0 Å². The molecule has 1 heterocycles. The van der Waals surface area contributed by atoms with Crippen molar-refractivity contribution in [2.75, 3.05) is 0 Å². The third kappa shape index (κ3) is 4.65. The predicted molar refractivity (Wildman–Crippen MR) is 134 cm³/mol. The van der Waals surface area contributed by atoms with Crippen LogP contribution in [0.25, 0.3) is 5.70 Å². The van der Waals surface area contributed by atoms with E-state index in [4.69, 9.17) is 0 Å². The monoisotopic (exact) mass is 429 g/mol. The second kappa shape index (κ2) is 9.70. The molecule has 0 saturated heterocycles. The Kier molecular flexibility index (Phi) is 6.16. The fourth-order valence-electron chi connectivity index (χ4n) is 4.72. The lowest BCUT2D eigenvalue weighted by molar-refractivity contribution is -0.133. The van der Waals surface area contributed by atoms with Crippen molar-refractivity contribution in [3.63, 3.8) is 0 Å². The lowest BCUT2D eigenvalue weighted by Crippen LogP contribution is -2.41. The maximum atomic E-state index is 14.2. The topological polar surface area (TPSA) is 20.3 Å². The van der Waals surface area contributed by atoms with Gasteiger partial charge in [0, 0.05) is 11.6 Å². The van der Waals surface area contributed by atoms with Crippen molar-refractivity contribution in [2.24, 2.45) is 5.92 Å². The Bertz CT molecular complexity index is 1220. The van der Waals surface area contributed by atoms with E-state index in [0.29, 0.717) is 13.0 Å². The summed E-state index contributed by atoms with van der Waals surface area (Å²) >= 11 is 0. The van der Waals surface area contributed by atoms with Crippen LogP contribution in [0.4, 0.5) is 0 Å². The summed E-state index contributed by atoms with van der Waals surface area (Å²) in [5.41, 5.74) is 5.56. The van der Waals surface area contributed by atoms with Gasteiger partial charge in [0.05, 0.1) is 12.5 Å². The molecule has 0 aliphatic carbocycles. The zero-order chi connectivity index (χ0) is 22.5. The van der Waals surface area contributed by atoms with Crippen LogP contribution in [-0.2, 0) is 17.8 Å².